The van der Waals surface area contributed by atoms with E-state index in [0.717, 1.165) is 4.90 Å². The van der Waals surface area contributed by atoms with Gasteiger partial charge in [-0.1, -0.05) is 20.3 Å². The highest BCUT2D eigenvalue weighted by molar-refractivity contribution is 6.13. The number of primary amides is 1. The van der Waals surface area contributed by atoms with E-state index in [-0.39, 0.29) is 99.0 Å². The molecule has 17 heteroatoms. The first-order chi connectivity index (χ1) is 25.6. The molecule has 6 N–H and O–H groups in total. The molecule has 0 aliphatic carbocycles. The number of ether oxygens (including phenoxy) is 2. The second-order valence-electron chi connectivity index (χ2n) is 13.2. The summed E-state index contributed by atoms with van der Waals surface area (Å²) in [5.74, 6) is -3.28. The van der Waals surface area contributed by atoms with Crippen LogP contribution in [0.3, 0.4) is 0 Å². The molecule has 17 nitrogen and oxygen atoms in total. The summed E-state index contributed by atoms with van der Waals surface area (Å²) >= 11 is 0. The summed E-state index contributed by atoms with van der Waals surface area (Å²) in [5.41, 5.74) is 5.84. The maximum absolute atomic E-state index is 13.6. The van der Waals surface area contributed by atoms with E-state index < -0.39 is 41.8 Å². The number of nitrogens with one attached hydrogen (secondary N) is 4. The number of hydrogen-bond donors (Lipinski definition) is 5. The lowest BCUT2D eigenvalue weighted by Crippen LogP contribution is -2.44. The van der Waals surface area contributed by atoms with Crippen molar-refractivity contribution < 1.29 is 52.6 Å². The van der Waals surface area contributed by atoms with Gasteiger partial charge in [0.05, 0.1) is 6.04 Å². The molecule has 0 saturated carbocycles. The van der Waals surface area contributed by atoms with Gasteiger partial charge < -0.3 is 36.5 Å². The number of ketones is 3. The summed E-state index contributed by atoms with van der Waals surface area (Å²) in [4.78, 5) is 111. The first-order valence-electron chi connectivity index (χ1n) is 17.9. The van der Waals surface area contributed by atoms with Crippen LogP contribution in [-0.4, -0.2) is 90.8 Å². The predicted molar refractivity (Wildman–Crippen MR) is 196 cm³/mol. The van der Waals surface area contributed by atoms with Crippen molar-refractivity contribution in [3.63, 3.8) is 0 Å². The molecule has 0 aromatic heterocycles. The second-order valence-corrected chi connectivity index (χ2v) is 13.2. The van der Waals surface area contributed by atoms with Gasteiger partial charge in [0.25, 0.3) is 11.8 Å². The van der Waals surface area contributed by atoms with Crippen LogP contribution in [0.5, 0.6) is 5.75 Å². The van der Waals surface area contributed by atoms with Gasteiger partial charge >= 0.3 is 12.1 Å². The molecule has 1 aromatic carbocycles. The summed E-state index contributed by atoms with van der Waals surface area (Å²) < 4.78 is 11.0. The number of carbonyl (C=O) groups is 9. The van der Waals surface area contributed by atoms with Crippen LogP contribution < -0.4 is 31.7 Å². The van der Waals surface area contributed by atoms with E-state index >= 15 is 0 Å². The van der Waals surface area contributed by atoms with E-state index in [9.17, 15) is 43.2 Å². The number of nitrogens with two attached hydrogens (primary N) is 1. The van der Waals surface area contributed by atoms with Gasteiger partial charge in [0.1, 0.15) is 24.7 Å². The van der Waals surface area contributed by atoms with Crippen molar-refractivity contribution in [2.24, 2.45) is 17.6 Å². The van der Waals surface area contributed by atoms with Crippen LogP contribution >= 0.6 is 0 Å². The number of unbranched alkanes of at least 4 members (excludes halogenated alkanes) is 2. The Morgan fingerprint density at radius 1 is 0.889 bits per heavy atom. The highest BCUT2D eigenvalue weighted by Crippen LogP contribution is 2.26. The van der Waals surface area contributed by atoms with Gasteiger partial charge in [-0.15, -0.1) is 0 Å². The second kappa shape index (κ2) is 23.1. The standard InChI is InChI=1S/C37H52N6O11/c1-23(2)34(41-24(3)44)30(47)19-25(9-8-17-40-36(38)51)35(50)42-27-13-12-26(21-54-37(52)39-4)31(20-27)53-22-29(46)11-7-5-6-10-28(45)16-18-43-32(48)14-15-33(43)49/h12-15,20,23,25,34H,5-11,16-19,21-22H2,1-4H3,(H,39,52)(H,41,44)(H,42,50)(H3,38,40,51)/t25-,34+/m1/s1. The first-order valence-corrected chi connectivity index (χ1v) is 17.9. The smallest absolute Gasteiger partial charge is 0.407 e. The van der Waals surface area contributed by atoms with Crippen molar-refractivity contribution in [1.29, 1.82) is 0 Å². The number of urea groups is 1. The Hall–Kier alpha value is -5.61. The van der Waals surface area contributed by atoms with Gasteiger partial charge in [0, 0.05) is 88.1 Å². The fourth-order valence-corrected chi connectivity index (χ4v) is 5.50. The highest BCUT2D eigenvalue weighted by atomic mass is 16.5. The van der Waals surface area contributed by atoms with E-state index in [4.69, 9.17) is 15.2 Å². The van der Waals surface area contributed by atoms with Gasteiger partial charge in [-0.25, -0.2) is 9.59 Å². The molecule has 1 aliphatic rings. The number of carbonyl (C=O) groups excluding carboxylic acids is 9. The molecule has 0 fully saturated rings. The summed E-state index contributed by atoms with van der Waals surface area (Å²) in [6, 6.07) is 3.06. The number of amides is 7. The van der Waals surface area contributed by atoms with Crippen molar-refractivity contribution in [3.8, 4) is 5.75 Å². The van der Waals surface area contributed by atoms with E-state index in [1.54, 1.807) is 26.0 Å². The van der Waals surface area contributed by atoms with Crippen molar-refractivity contribution in [2.45, 2.75) is 91.2 Å². The lowest BCUT2D eigenvalue weighted by Gasteiger charge is -2.23. The molecule has 2 rings (SSSR count). The Morgan fingerprint density at radius 2 is 1.56 bits per heavy atom. The third-order valence-corrected chi connectivity index (χ3v) is 8.43. The normalized spacial score (nSPS) is 13.2. The third kappa shape index (κ3) is 16.4. The Bertz CT molecular complexity index is 1560. The minimum Gasteiger partial charge on any atom is -0.485 e. The van der Waals surface area contributed by atoms with E-state index in [1.165, 1.54) is 32.2 Å². The van der Waals surface area contributed by atoms with Crippen molar-refractivity contribution in [2.75, 3.05) is 32.1 Å². The monoisotopic (exact) mass is 756 g/mol. The number of anilines is 1. The van der Waals surface area contributed by atoms with Gasteiger partial charge in [0.2, 0.25) is 11.8 Å². The van der Waals surface area contributed by atoms with Gasteiger partial charge in [-0.05, 0) is 43.7 Å². The van der Waals surface area contributed by atoms with Crippen LogP contribution in [0.1, 0.15) is 84.1 Å². The summed E-state index contributed by atoms with van der Waals surface area (Å²) in [5, 5.41) is 10.2. The molecule has 0 spiro atoms. The molecule has 54 heavy (non-hydrogen) atoms. The molecule has 296 valence electrons. The fourth-order valence-electron chi connectivity index (χ4n) is 5.50. The third-order valence-electron chi connectivity index (χ3n) is 8.43. The summed E-state index contributed by atoms with van der Waals surface area (Å²) in [7, 11) is 1.40. The van der Waals surface area contributed by atoms with E-state index in [1.807, 2.05) is 0 Å². The molecular formula is C37H52N6O11. The van der Waals surface area contributed by atoms with Crippen LogP contribution in [0.25, 0.3) is 0 Å². The molecule has 7 amide bonds. The predicted octanol–water partition coefficient (Wildman–Crippen LogP) is 2.45. The Balaban J connectivity index is 2.03. The number of benzene rings is 1. The number of imide groups is 1. The average molecular weight is 757 g/mol. The quantitative estimate of drug-likeness (QED) is 0.0716. The lowest BCUT2D eigenvalue weighted by molar-refractivity contribution is -0.137. The largest absolute Gasteiger partial charge is 0.485 e. The SMILES string of the molecule is CNC(=O)OCc1ccc(NC(=O)[C@H](CCCNC(N)=O)CC(=O)[C@@H](NC(C)=O)C(C)C)cc1OCC(=O)CCCCCC(=O)CCN1C(=O)C=CC1=O. The van der Waals surface area contributed by atoms with Crippen LogP contribution in [0.15, 0.2) is 30.4 Å². The molecular weight excluding hydrogens is 704 g/mol. The maximum Gasteiger partial charge on any atom is 0.407 e. The number of Topliss-reactive ketones (excluding diaryl/α,β-unsaturated/α-hetero) is 3. The number of nitrogens with zero attached hydrogens (tertiary/aromatic N) is 1. The summed E-state index contributed by atoms with van der Waals surface area (Å²) in [6.45, 7) is 4.56. The van der Waals surface area contributed by atoms with Gasteiger partial charge in [-0.3, -0.25) is 38.5 Å². The minimum absolute atomic E-state index is 0.0371. The van der Waals surface area contributed by atoms with Crippen LogP contribution in [0.2, 0.25) is 0 Å². The van der Waals surface area contributed by atoms with Gasteiger partial charge in [0.15, 0.2) is 11.6 Å². The molecule has 1 aliphatic heterocycles. The van der Waals surface area contributed by atoms with E-state index in [2.05, 4.69) is 21.3 Å². The van der Waals surface area contributed by atoms with Crippen molar-refractivity contribution in [1.82, 2.24) is 20.9 Å². The zero-order valence-electron chi connectivity index (χ0n) is 31.3. The molecule has 1 heterocycles. The zero-order chi connectivity index (χ0) is 40.2. The molecule has 0 unspecified atom stereocenters. The number of rotatable bonds is 25. The van der Waals surface area contributed by atoms with Crippen LogP contribution in [0, 0.1) is 11.8 Å². The van der Waals surface area contributed by atoms with Crippen molar-refractivity contribution in [3.05, 3.63) is 35.9 Å². The van der Waals surface area contributed by atoms with Gasteiger partial charge in [-0.2, -0.15) is 0 Å². The number of hydrogen-bond acceptors (Lipinski definition) is 11. The van der Waals surface area contributed by atoms with E-state index in [0.29, 0.717) is 31.2 Å². The maximum atomic E-state index is 13.6. The zero-order valence-corrected chi connectivity index (χ0v) is 31.3. The lowest BCUT2D eigenvalue weighted by atomic mass is 9.89. The first kappa shape index (κ1) is 44.6. The topological polar surface area (TPSA) is 249 Å². The molecule has 2 atom stereocenters. The van der Waals surface area contributed by atoms with Crippen LogP contribution in [-0.2, 0) is 44.9 Å². The van der Waals surface area contributed by atoms with Crippen LogP contribution in [0.4, 0.5) is 15.3 Å². The Kier molecular flexibility index (Phi) is 19.1. The Labute approximate surface area is 314 Å². The Morgan fingerprint density at radius 3 is 2.17 bits per heavy atom. The molecule has 0 radical (unpaired) electrons. The van der Waals surface area contributed by atoms with Crippen molar-refractivity contribution >= 4 is 58.8 Å². The molecule has 0 saturated heterocycles. The minimum atomic E-state index is -0.838. The average Bonchev–Trinajstić information content (AvgIpc) is 3.44. The highest BCUT2D eigenvalue weighted by Gasteiger charge is 2.29. The summed E-state index contributed by atoms with van der Waals surface area (Å²) in [6.07, 6.45) is 4.14. The molecule has 1 aromatic rings. The number of alkyl carbamates (subject to hydrolysis) is 1. The fraction of sp³-hybridized carbons (Fsp3) is 0.541. The molecule has 0 bridgehead atoms.